The van der Waals surface area contributed by atoms with Gasteiger partial charge >= 0.3 is 0 Å². The smallest absolute Gasteiger partial charge is 0.276 e. The lowest BCUT2D eigenvalue weighted by Gasteiger charge is -2.23. The van der Waals surface area contributed by atoms with Gasteiger partial charge in [-0.05, 0) is 37.6 Å². The Labute approximate surface area is 146 Å². The largest absolute Gasteiger partial charge is 0.375 e. The van der Waals surface area contributed by atoms with E-state index in [0.29, 0.717) is 22.4 Å². The van der Waals surface area contributed by atoms with Crippen molar-refractivity contribution in [3.63, 3.8) is 0 Å². The average molecular weight is 348 g/mol. The fourth-order valence-electron chi connectivity index (χ4n) is 2.98. The molecule has 1 aromatic heterocycles. The first-order chi connectivity index (χ1) is 11.6. The monoisotopic (exact) mass is 347 g/mol. The highest BCUT2D eigenvalue weighted by Gasteiger charge is 2.19. The molecule has 1 aliphatic heterocycles. The molecule has 2 aromatic rings. The summed E-state index contributed by atoms with van der Waals surface area (Å²) in [5, 5.41) is 11.3. The topological polar surface area (TPSA) is 62.2 Å². The van der Waals surface area contributed by atoms with Gasteiger partial charge in [0.25, 0.3) is 5.91 Å². The third-order valence-electron chi connectivity index (χ3n) is 4.17. The summed E-state index contributed by atoms with van der Waals surface area (Å²) in [6, 6.07) is 7.52. The van der Waals surface area contributed by atoms with Crippen LogP contribution in [0.1, 0.15) is 29.4 Å². The molecule has 0 saturated carbocycles. The molecule has 2 heterocycles. The van der Waals surface area contributed by atoms with Crippen LogP contribution in [0.3, 0.4) is 0 Å². The molecule has 0 bridgehead atoms. The number of benzene rings is 1. The maximum Gasteiger partial charge on any atom is 0.276 e. The van der Waals surface area contributed by atoms with E-state index in [4.69, 9.17) is 11.6 Å². The van der Waals surface area contributed by atoms with Crippen LogP contribution in [-0.2, 0) is 0 Å². The zero-order valence-corrected chi connectivity index (χ0v) is 14.7. The van der Waals surface area contributed by atoms with Gasteiger partial charge < -0.3 is 15.5 Å². The van der Waals surface area contributed by atoms with E-state index >= 15 is 0 Å². The number of anilines is 2. The molecule has 3 rings (SSSR count). The second-order valence-corrected chi connectivity index (χ2v) is 6.57. The number of hydrogen-bond acceptors (Lipinski definition) is 4. The normalized spacial score (nSPS) is 17.5. The number of piperidine rings is 1. The number of halogens is 1. The highest BCUT2D eigenvalue weighted by molar-refractivity contribution is 6.34. The van der Waals surface area contributed by atoms with Crippen molar-refractivity contribution >= 4 is 28.9 Å². The average Bonchev–Trinajstić information content (AvgIpc) is 3.05. The van der Waals surface area contributed by atoms with Crippen LogP contribution >= 0.6 is 11.6 Å². The van der Waals surface area contributed by atoms with Crippen LogP contribution in [0.5, 0.6) is 0 Å². The van der Waals surface area contributed by atoms with Gasteiger partial charge in [-0.2, -0.15) is 5.10 Å². The van der Waals surface area contributed by atoms with Crippen LogP contribution in [0.15, 0.2) is 30.5 Å². The highest BCUT2D eigenvalue weighted by atomic mass is 35.5. The summed E-state index contributed by atoms with van der Waals surface area (Å²) >= 11 is 6.24. The molecule has 0 spiro atoms. The van der Waals surface area contributed by atoms with Crippen molar-refractivity contribution in [2.75, 3.05) is 37.4 Å². The first-order valence-electron chi connectivity index (χ1n) is 8.09. The number of carbonyl (C=O) groups excluding carboxylic acids is 1. The van der Waals surface area contributed by atoms with E-state index in [1.807, 2.05) is 42.0 Å². The molecule has 0 aliphatic carbocycles. The molecule has 1 saturated heterocycles. The molecular formula is C17H22ClN5O. The Morgan fingerprint density at radius 3 is 2.96 bits per heavy atom. The summed E-state index contributed by atoms with van der Waals surface area (Å²) in [5.74, 6) is -0.233. The van der Waals surface area contributed by atoms with E-state index in [9.17, 15) is 4.79 Å². The summed E-state index contributed by atoms with van der Waals surface area (Å²) in [7, 11) is 3.78. The molecule has 1 unspecified atom stereocenters. The predicted molar refractivity (Wildman–Crippen MR) is 97.1 cm³/mol. The van der Waals surface area contributed by atoms with Gasteiger partial charge in [0, 0.05) is 26.8 Å². The standard InChI is InChI=1S/C17H22ClN5O/c1-22(2)16-13(18)6-3-7-14(16)20-17(24)15-8-10-23(21-15)12-5-4-9-19-11-12/h3,6-8,10,12,19H,4-5,9,11H2,1-2H3,(H,20,24). The Bertz CT molecular complexity index is 722. The Morgan fingerprint density at radius 2 is 2.25 bits per heavy atom. The molecule has 128 valence electrons. The second kappa shape index (κ2) is 7.23. The quantitative estimate of drug-likeness (QED) is 0.892. The fourth-order valence-corrected chi connectivity index (χ4v) is 3.32. The van der Waals surface area contributed by atoms with Gasteiger partial charge in [-0.3, -0.25) is 9.48 Å². The highest BCUT2D eigenvalue weighted by Crippen LogP contribution is 2.32. The van der Waals surface area contributed by atoms with E-state index in [0.717, 1.165) is 31.6 Å². The second-order valence-electron chi connectivity index (χ2n) is 6.17. The Balaban J connectivity index is 1.76. The zero-order valence-electron chi connectivity index (χ0n) is 13.9. The number of rotatable bonds is 4. The number of para-hydroxylation sites is 1. The van der Waals surface area contributed by atoms with Gasteiger partial charge in [-0.15, -0.1) is 0 Å². The first kappa shape index (κ1) is 16.8. The molecule has 1 atom stereocenters. The molecule has 7 heteroatoms. The van der Waals surface area contributed by atoms with Crippen LogP contribution in [0.4, 0.5) is 11.4 Å². The van der Waals surface area contributed by atoms with Crippen molar-refractivity contribution in [1.29, 1.82) is 0 Å². The van der Waals surface area contributed by atoms with E-state index in [1.165, 1.54) is 0 Å². The maximum atomic E-state index is 12.5. The Kier molecular flexibility index (Phi) is 5.06. The van der Waals surface area contributed by atoms with Crippen molar-refractivity contribution in [3.8, 4) is 0 Å². The molecule has 1 amide bonds. The van der Waals surface area contributed by atoms with Gasteiger partial charge in [0.2, 0.25) is 0 Å². The number of carbonyl (C=O) groups is 1. The van der Waals surface area contributed by atoms with E-state index < -0.39 is 0 Å². The van der Waals surface area contributed by atoms with Gasteiger partial charge in [0.1, 0.15) is 0 Å². The first-order valence-corrected chi connectivity index (χ1v) is 8.47. The minimum Gasteiger partial charge on any atom is -0.375 e. The third-order valence-corrected chi connectivity index (χ3v) is 4.47. The summed E-state index contributed by atoms with van der Waals surface area (Å²) in [6.45, 7) is 1.94. The number of nitrogens with zero attached hydrogens (tertiary/aromatic N) is 3. The number of nitrogens with one attached hydrogen (secondary N) is 2. The lowest BCUT2D eigenvalue weighted by molar-refractivity contribution is 0.102. The van der Waals surface area contributed by atoms with Crippen LogP contribution in [0.2, 0.25) is 5.02 Å². The summed E-state index contributed by atoms with van der Waals surface area (Å²) in [6.07, 6.45) is 4.08. The molecule has 2 N–H and O–H groups in total. The predicted octanol–water partition coefficient (Wildman–Crippen LogP) is 2.78. The molecule has 1 aromatic carbocycles. The lowest BCUT2D eigenvalue weighted by atomic mass is 10.1. The van der Waals surface area contributed by atoms with Gasteiger partial charge in [0.05, 0.1) is 22.4 Å². The third kappa shape index (κ3) is 3.55. The van der Waals surface area contributed by atoms with Crippen molar-refractivity contribution in [1.82, 2.24) is 15.1 Å². The van der Waals surface area contributed by atoms with E-state index in [2.05, 4.69) is 15.7 Å². The number of aromatic nitrogens is 2. The fraction of sp³-hybridized carbons (Fsp3) is 0.412. The Hall–Kier alpha value is -2.05. The molecule has 1 aliphatic rings. The van der Waals surface area contributed by atoms with Crippen LogP contribution < -0.4 is 15.5 Å². The van der Waals surface area contributed by atoms with Gasteiger partial charge in [-0.1, -0.05) is 17.7 Å². The number of hydrogen-bond donors (Lipinski definition) is 2. The van der Waals surface area contributed by atoms with Crippen LogP contribution in [0.25, 0.3) is 0 Å². The molecule has 1 fully saturated rings. The number of amides is 1. The van der Waals surface area contributed by atoms with Gasteiger partial charge in [-0.25, -0.2) is 0 Å². The summed E-state index contributed by atoms with van der Waals surface area (Å²) < 4.78 is 1.88. The van der Waals surface area contributed by atoms with E-state index in [-0.39, 0.29) is 5.91 Å². The lowest BCUT2D eigenvalue weighted by Crippen LogP contribution is -2.32. The van der Waals surface area contributed by atoms with Crippen LogP contribution in [-0.4, -0.2) is 42.9 Å². The molecule has 24 heavy (non-hydrogen) atoms. The van der Waals surface area contributed by atoms with Crippen molar-refractivity contribution in [2.24, 2.45) is 0 Å². The molecule has 0 radical (unpaired) electrons. The zero-order chi connectivity index (χ0) is 17.1. The van der Waals surface area contributed by atoms with Crippen molar-refractivity contribution in [2.45, 2.75) is 18.9 Å². The molecule has 6 nitrogen and oxygen atoms in total. The van der Waals surface area contributed by atoms with E-state index in [1.54, 1.807) is 12.1 Å². The van der Waals surface area contributed by atoms with Crippen LogP contribution in [0, 0.1) is 0 Å². The maximum absolute atomic E-state index is 12.5. The minimum absolute atomic E-state index is 0.233. The summed E-state index contributed by atoms with van der Waals surface area (Å²) in [4.78, 5) is 14.4. The van der Waals surface area contributed by atoms with Crippen molar-refractivity contribution in [3.05, 3.63) is 41.2 Å². The minimum atomic E-state index is -0.233. The van der Waals surface area contributed by atoms with Crippen molar-refractivity contribution < 1.29 is 4.79 Å². The summed E-state index contributed by atoms with van der Waals surface area (Å²) in [5.41, 5.74) is 1.86. The van der Waals surface area contributed by atoms with Gasteiger partial charge in [0.15, 0.2) is 5.69 Å². The molecular weight excluding hydrogens is 326 g/mol. The Morgan fingerprint density at radius 1 is 1.42 bits per heavy atom. The SMILES string of the molecule is CN(C)c1c(Cl)cccc1NC(=O)c1ccn(C2CCCNC2)n1.